The lowest BCUT2D eigenvalue weighted by molar-refractivity contribution is 0.115. The van der Waals surface area contributed by atoms with Crippen LogP contribution in [0.25, 0.3) is 11.4 Å². The van der Waals surface area contributed by atoms with Crippen molar-refractivity contribution >= 4 is 5.69 Å². The molecule has 1 aromatic heterocycles. The zero-order chi connectivity index (χ0) is 13.8. The van der Waals surface area contributed by atoms with Gasteiger partial charge in [-0.05, 0) is 42.8 Å². The molecule has 6 nitrogen and oxygen atoms in total. The molecule has 0 saturated carbocycles. The van der Waals surface area contributed by atoms with Gasteiger partial charge in [0.25, 0.3) is 0 Å². The molecule has 0 radical (unpaired) electrons. The zero-order valence-corrected chi connectivity index (χ0v) is 11.5. The highest BCUT2D eigenvalue weighted by molar-refractivity contribution is 5.74. The molecule has 1 atom stereocenters. The predicted molar refractivity (Wildman–Crippen MR) is 73.6 cm³/mol. The summed E-state index contributed by atoms with van der Waals surface area (Å²) in [4.78, 5) is 0. The summed E-state index contributed by atoms with van der Waals surface area (Å²) in [5.41, 5.74) is 8.66. The molecule has 102 valence electrons. The Labute approximate surface area is 112 Å². The molecular weight excluding hydrogens is 242 g/mol. The van der Waals surface area contributed by atoms with Crippen LogP contribution in [-0.2, 0) is 4.74 Å². The first kappa shape index (κ1) is 13.5. The van der Waals surface area contributed by atoms with Crippen LogP contribution in [0, 0.1) is 6.92 Å². The smallest absolute Gasteiger partial charge is 0.184 e. The van der Waals surface area contributed by atoms with Crippen LogP contribution in [0.1, 0.15) is 25.5 Å². The molecule has 1 heterocycles. The van der Waals surface area contributed by atoms with E-state index in [-0.39, 0.29) is 6.04 Å². The van der Waals surface area contributed by atoms with Gasteiger partial charge in [-0.3, -0.25) is 0 Å². The van der Waals surface area contributed by atoms with Gasteiger partial charge < -0.3 is 10.5 Å². The van der Waals surface area contributed by atoms with E-state index in [9.17, 15) is 0 Å². The van der Waals surface area contributed by atoms with Crippen molar-refractivity contribution in [2.75, 3.05) is 18.9 Å². The lowest BCUT2D eigenvalue weighted by Gasteiger charge is -2.15. The number of anilines is 1. The Kier molecular flexibility index (Phi) is 4.11. The van der Waals surface area contributed by atoms with E-state index in [1.165, 1.54) is 0 Å². The van der Waals surface area contributed by atoms with Crippen molar-refractivity contribution in [3.63, 3.8) is 0 Å². The molecule has 1 unspecified atom stereocenters. The van der Waals surface area contributed by atoms with E-state index in [1.807, 2.05) is 39.0 Å². The van der Waals surface area contributed by atoms with Gasteiger partial charge in [0.05, 0.1) is 12.6 Å². The van der Waals surface area contributed by atoms with Crippen molar-refractivity contribution in [1.82, 2.24) is 20.2 Å². The summed E-state index contributed by atoms with van der Waals surface area (Å²) in [6.07, 6.45) is 0. The highest BCUT2D eigenvalue weighted by Crippen LogP contribution is 2.28. The summed E-state index contributed by atoms with van der Waals surface area (Å²) >= 11 is 0. The third kappa shape index (κ3) is 2.73. The maximum Gasteiger partial charge on any atom is 0.184 e. The number of ether oxygens (including phenoxy) is 1. The first-order chi connectivity index (χ1) is 9.15. The Morgan fingerprint density at radius 2 is 2.21 bits per heavy atom. The molecule has 2 aromatic rings. The molecule has 0 aliphatic rings. The highest BCUT2D eigenvalue weighted by atomic mass is 16.5. The molecule has 0 fully saturated rings. The fraction of sp³-hybridized carbons (Fsp3) is 0.462. The first-order valence-electron chi connectivity index (χ1n) is 6.36. The van der Waals surface area contributed by atoms with Crippen LogP contribution in [-0.4, -0.2) is 33.4 Å². The second-order valence-corrected chi connectivity index (χ2v) is 4.49. The Morgan fingerprint density at radius 3 is 2.89 bits per heavy atom. The van der Waals surface area contributed by atoms with Gasteiger partial charge in [-0.15, -0.1) is 5.10 Å². The fourth-order valence-electron chi connectivity index (χ4n) is 2.01. The minimum atomic E-state index is 0.0592. The van der Waals surface area contributed by atoms with Gasteiger partial charge >= 0.3 is 0 Å². The largest absolute Gasteiger partial charge is 0.398 e. The van der Waals surface area contributed by atoms with Crippen LogP contribution < -0.4 is 5.73 Å². The Balaban J connectivity index is 2.39. The summed E-state index contributed by atoms with van der Waals surface area (Å²) in [6.45, 7) is 7.23. The molecule has 0 aliphatic carbocycles. The minimum Gasteiger partial charge on any atom is -0.398 e. The molecule has 6 heteroatoms. The van der Waals surface area contributed by atoms with Crippen LogP contribution in [0.5, 0.6) is 0 Å². The third-order valence-electron chi connectivity index (χ3n) is 3.00. The normalized spacial score (nSPS) is 12.6. The number of nitrogens with zero attached hydrogens (tertiary/aromatic N) is 4. The summed E-state index contributed by atoms with van der Waals surface area (Å²) in [5, 5.41) is 11.9. The predicted octanol–water partition coefficient (Wildman–Crippen LogP) is 1.83. The van der Waals surface area contributed by atoms with E-state index in [2.05, 4.69) is 15.5 Å². The summed E-state index contributed by atoms with van der Waals surface area (Å²) in [6, 6.07) is 5.84. The maximum absolute atomic E-state index is 6.04. The molecule has 0 spiro atoms. The number of benzene rings is 1. The molecule has 0 aliphatic heterocycles. The number of hydrogen-bond donors (Lipinski definition) is 1. The van der Waals surface area contributed by atoms with E-state index in [1.54, 1.807) is 4.68 Å². The number of aryl methyl sites for hydroxylation is 1. The van der Waals surface area contributed by atoms with Gasteiger partial charge in [0.2, 0.25) is 0 Å². The molecule has 2 N–H and O–H groups in total. The molecule has 19 heavy (non-hydrogen) atoms. The van der Waals surface area contributed by atoms with Crippen molar-refractivity contribution < 1.29 is 4.74 Å². The van der Waals surface area contributed by atoms with Gasteiger partial charge in [0.1, 0.15) is 0 Å². The molecular formula is C13H19N5O. The van der Waals surface area contributed by atoms with Crippen LogP contribution >= 0.6 is 0 Å². The fourth-order valence-corrected chi connectivity index (χ4v) is 2.01. The molecule has 0 bridgehead atoms. The van der Waals surface area contributed by atoms with Crippen LogP contribution in [0.2, 0.25) is 0 Å². The van der Waals surface area contributed by atoms with Gasteiger partial charge in [-0.1, -0.05) is 12.1 Å². The van der Waals surface area contributed by atoms with E-state index in [4.69, 9.17) is 10.5 Å². The summed E-state index contributed by atoms with van der Waals surface area (Å²) in [7, 11) is 0. The van der Waals surface area contributed by atoms with Crippen molar-refractivity contribution in [3.8, 4) is 11.4 Å². The Hall–Kier alpha value is -1.95. The highest BCUT2D eigenvalue weighted by Gasteiger charge is 2.18. The van der Waals surface area contributed by atoms with Crippen molar-refractivity contribution in [3.05, 3.63) is 23.8 Å². The number of hydrogen-bond acceptors (Lipinski definition) is 5. The SMILES string of the molecule is CCOCC(C)n1nnnc1-c1c(C)cccc1N. The summed E-state index contributed by atoms with van der Waals surface area (Å²) in [5.74, 6) is 0.683. The quantitative estimate of drug-likeness (QED) is 0.831. The number of aromatic nitrogens is 4. The lowest BCUT2D eigenvalue weighted by Crippen LogP contribution is -2.15. The van der Waals surface area contributed by atoms with E-state index < -0.39 is 0 Å². The van der Waals surface area contributed by atoms with E-state index in [0.717, 1.165) is 11.1 Å². The van der Waals surface area contributed by atoms with E-state index in [0.29, 0.717) is 24.7 Å². The molecule has 0 saturated heterocycles. The number of tetrazole rings is 1. The van der Waals surface area contributed by atoms with Gasteiger partial charge in [-0.25, -0.2) is 4.68 Å². The van der Waals surface area contributed by atoms with E-state index >= 15 is 0 Å². The zero-order valence-electron chi connectivity index (χ0n) is 11.5. The van der Waals surface area contributed by atoms with Crippen LogP contribution in [0.4, 0.5) is 5.69 Å². The number of rotatable bonds is 5. The van der Waals surface area contributed by atoms with Gasteiger partial charge in [0, 0.05) is 17.9 Å². The molecule has 0 amide bonds. The van der Waals surface area contributed by atoms with Gasteiger partial charge in [0.15, 0.2) is 5.82 Å². The van der Waals surface area contributed by atoms with Crippen molar-refractivity contribution in [1.29, 1.82) is 0 Å². The Morgan fingerprint density at radius 1 is 1.42 bits per heavy atom. The average molecular weight is 261 g/mol. The average Bonchev–Trinajstić information content (AvgIpc) is 2.85. The topological polar surface area (TPSA) is 78.8 Å². The van der Waals surface area contributed by atoms with Crippen LogP contribution in [0.15, 0.2) is 18.2 Å². The summed E-state index contributed by atoms with van der Waals surface area (Å²) < 4.78 is 7.18. The second kappa shape index (κ2) is 5.79. The second-order valence-electron chi connectivity index (χ2n) is 4.49. The number of nitrogens with two attached hydrogens (primary N) is 1. The number of nitrogen functional groups attached to an aromatic ring is 1. The van der Waals surface area contributed by atoms with Crippen LogP contribution in [0.3, 0.4) is 0 Å². The minimum absolute atomic E-state index is 0.0592. The lowest BCUT2D eigenvalue weighted by atomic mass is 10.1. The molecule has 2 rings (SSSR count). The first-order valence-corrected chi connectivity index (χ1v) is 6.36. The standard InChI is InChI=1S/C13H19N5O/c1-4-19-8-10(3)18-13(15-16-17-18)12-9(2)6-5-7-11(12)14/h5-7,10H,4,8,14H2,1-3H3. The maximum atomic E-state index is 6.04. The third-order valence-corrected chi connectivity index (χ3v) is 3.00. The van der Waals surface area contributed by atoms with Crippen molar-refractivity contribution in [2.45, 2.75) is 26.8 Å². The monoisotopic (exact) mass is 261 g/mol. The molecule has 1 aromatic carbocycles. The van der Waals surface area contributed by atoms with Crippen molar-refractivity contribution in [2.24, 2.45) is 0 Å². The Bertz CT molecular complexity index is 531. The van der Waals surface area contributed by atoms with Gasteiger partial charge in [-0.2, -0.15) is 0 Å².